The molecule has 0 radical (unpaired) electrons. The molecule has 1 aliphatic rings. The van der Waals surface area contributed by atoms with Gasteiger partial charge in [-0.05, 0) is 43.0 Å². The monoisotopic (exact) mass is 366 g/mol. The van der Waals surface area contributed by atoms with Crippen molar-refractivity contribution in [3.05, 3.63) is 53.3 Å². The van der Waals surface area contributed by atoms with Crippen molar-refractivity contribution >= 4 is 17.3 Å². The van der Waals surface area contributed by atoms with Crippen molar-refractivity contribution in [3.8, 4) is 0 Å². The molecule has 3 rings (SSSR count). The first-order chi connectivity index (χ1) is 13.0. The van der Waals surface area contributed by atoms with E-state index in [0.717, 1.165) is 31.9 Å². The Kier molecular flexibility index (Phi) is 5.99. The third-order valence-electron chi connectivity index (χ3n) is 5.22. The van der Waals surface area contributed by atoms with Gasteiger partial charge in [-0.15, -0.1) is 0 Å². The summed E-state index contributed by atoms with van der Waals surface area (Å²) in [5.74, 6) is 0.385. The van der Waals surface area contributed by atoms with E-state index in [9.17, 15) is 4.79 Å². The molecule has 0 unspecified atom stereocenters. The van der Waals surface area contributed by atoms with Gasteiger partial charge in [0.05, 0.1) is 17.4 Å². The van der Waals surface area contributed by atoms with Crippen LogP contribution in [0.1, 0.15) is 35.3 Å². The van der Waals surface area contributed by atoms with E-state index in [-0.39, 0.29) is 5.91 Å². The topological polar surface area (TPSA) is 48.5 Å². The second-order valence-electron chi connectivity index (χ2n) is 7.73. The average molecular weight is 367 g/mol. The first kappa shape index (κ1) is 19.2. The van der Waals surface area contributed by atoms with E-state index in [2.05, 4.69) is 66.0 Å². The zero-order valence-corrected chi connectivity index (χ0v) is 16.8. The van der Waals surface area contributed by atoms with Crippen molar-refractivity contribution < 1.29 is 4.79 Å². The Morgan fingerprint density at radius 3 is 2.52 bits per heavy atom. The molecule has 2 heterocycles. The molecule has 0 bridgehead atoms. The number of piperazine rings is 1. The largest absolute Gasteiger partial charge is 0.368 e. The van der Waals surface area contributed by atoms with E-state index in [1.807, 2.05) is 12.3 Å². The second-order valence-corrected chi connectivity index (χ2v) is 7.73. The minimum atomic E-state index is -0.0490. The molecule has 1 amide bonds. The zero-order chi connectivity index (χ0) is 19.4. The molecular formula is C22H30N4O. The summed E-state index contributed by atoms with van der Waals surface area (Å²) in [5.41, 5.74) is 5.67. The van der Waals surface area contributed by atoms with Crippen LogP contribution >= 0.6 is 0 Å². The average Bonchev–Trinajstić information content (AvgIpc) is 2.68. The van der Waals surface area contributed by atoms with Crippen molar-refractivity contribution in [2.75, 3.05) is 42.5 Å². The molecule has 1 fully saturated rings. The highest BCUT2D eigenvalue weighted by molar-refractivity contribution is 5.94. The molecule has 0 spiro atoms. The van der Waals surface area contributed by atoms with E-state index in [4.69, 9.17) is 0 Å². The van der Waals surface area contributed by atoms with Crippen molar-refractivity contribution in [2.45, 2.75) is 27.7 Å². The maximum atomic E-state index is 12.3. The Labute approximate surface area is 162 Å². The number of carbonyl (C=O) groups excluding carboxylic acids is 1. The molecule has 1 saturated heterocycles. The van der Waals surface area contributed by atoms with Gasteiger partial charge in [0.2, 0.25) is 0 Å². The van der Waals surface area contributed by atoms with E-state index >= 15 is 0 Å². The minimum Gasteiger partial charge on any atom is -0.368 e. The van der Waals surface area contributed by atoms with Gasteiger partial charge in [-0.3, -0.25) is 9.78 Å². The number of hydrogen-bond acceptors (Lipinski definition) is 4. The van der Waals surface area contributed by atoms with Crippen LogP contribution in [0.4, 0.5) is 11.4 Å². The first-order valence-corrected chi connectivity index (χ1v) is 9.75. The Morgan fingerprint density at radius 1 is 1.11 bits per heavy atom. The van der Waals surface area contributed by atoms with Gasteiger partial charge in [0, 0.05) is 44.6 Å². The second kappa shape index (κ2) is 8.42. The standard InChI is InChI=1S/C22H30N4O/c1-16(2)13-24-22(27)19-12-20(15-23-14-19)25-8-10-26(11-9-25)21-7-5-6-17(3)18(21)4/h5-7,12,14-16H,8-11,13H2,1-4H3,(H,24,27). The Bertz CT molecular complexity index is 795. The summed E-state index contributed by atoms with van der Waals surface area (Å²) in [7, 11) is 0. The number of hydrogen-bond donors (Lipinski definition) is 1. The molecule has 2 aromatic rings. The lowest BCUT2D eigenvalue weighted by Gasteiger charge is -2.38. The first-order valence-electron chi connectivity index (χ1n) is 9.75. The lowest BCUT2D eigenvalue weighted by Crippen LogP contribution is -2.46. The summed E-state index contributed by atoms with van der Waals surface area (Å²) in [6.45, 7) is 13.0. The fourth-order valence-electron chi connectivity index (χ4n) is 3.41. The van der Waals surface area contributed by atoms with Crippen LogP contribution in [0.2, 0.25) is 0 Å². The molecule has 0 atom stereocenters. The fourth-order valence-corrected chi connectivity index (χ4v) is 3.41. The number of anilines is 2. The Morgan fingerprint density at radius 2 is 1.81 bits per heavy atom. The van der Waals surface area contributed by atoms with E-state index in [0.29, 0.717) is 18.0 Å². The van der Waals surface area contributed by atoms with Crippen LogP contribution in [0.3, 0.4) is 0 Å². The molecular weight excluding hydrogens is 336 g/mol. The van der Waals surface area contributed by atoms with Gasteiger partial charge in [0.1, 0.15) is 0 Å². The highest BCUT2D eigenvalue weighted by atomic mass is 16.1. The molecule has 1 N–H and O–H groups in total. The van der Waals surface area contributed by atoms with Crippen molar-refractivity contribution in [1.29, 1.82) is 0 Å². The number of rotatable bonds is 5. The molecule has 1 aromatic carbocycles. The Hall–Kier alpha value is -2.56. The van der Waals surface area contributed by atoms with Crippen LogP contribution in [0.15, 0.2) is 36.7 Å². The SMILES string of the molecule is Cc1cccc(N2CCN(c3cncc(C(=O)NCC(C)C)c3)CC2)c1C. The number of amides is 1. The molecule has 5 nitrogen and oxygen atoms in total. The molecule has 0 aliphatic carbocycles. The smallest absolute Gasteiger partial charge is 0.252 e. The van der Waals surface area contributed by atoms with Gasteiger partial charge in [-0.2, -0.15) is 0 Å². The summed E-state index contributed by atoms with van der Waals surface area (Å²) in [5, 5.41) is 2.96. The highest BCUT2D eigenvalue weighted by Gasteiger charge is 2.20. The quantitative estimate of drug-likeness (QED) is 0.881. The Balaban J connectivity index is 1.65. The van der Waals surface area contributed by atoms with Crippen LogP contribution in [0.25, 0.3) is 0 Å². The van der Waals surface area contributed by atoms with Crippen molar-refractivity contribution in [1.82, 2.24) is 10.3 Å². The van der Waals surface area contributed by atoms with Gasteiger partial charge < -0.3 is 15.1 Å². The van der Waals surface area contributed by atoms with E-state index in [1.54, 1.807) is 6.20 Å². The van der Waals surface area contributed by atoms with Gasteiger partial charge in [-0.1, -0.05) is 26.0 Å². The van der Waals surface area contributed by atoms with Crippen molar-refractivity contribution in [3.63, 3.8) is 0 Å². The third-order valence-corrected chi connectivity index (χ3v) is 5.22. The highest BCUT2D eigenvalue weighted by Crippen LogP contribution is 2.25. The summed E-state index contributed by atoms with van der Waals surface area (Å²) in [6, 6.07) is 8.46. The third kappa shape index (κ3) is 4.59. The molecule has 144 valence electrons. The maximum Gasteiger partial charge on any atom is 0.252 e. The van der Waals surface area contributed by atoms with Crippen LogP contribution in [0.5, 0.6) is 0 Å². The number of aryl methyl sites for hydroxylation is 1. The molecule has 1 aliphatic heterocycles. The summed E-state index contributed by atoms with van der Waals surface area (Å²) in [4.78, 5) is 21.4. The number of aromatic nitrogens is 1. The zero-order valence-electron chi connectivity index (χ0n) is 16.8. The van der Waals surface area contributed by atoms with E-state index < -0.39 is 0 Å². The van der Waals surface area contributed by atoms with Crippen LogP contribution in [-0.2, 0) is 0 Å². The van der Waals surface area contributed by atoms with Crippen LogP contribution < -0.4 is 15.1 Å². The maximum absolute atomic E-state index is 12.3. The molecule has 1 aromatic heterocycles. The van der Waals surface area contributed by atoms with Crippen LogP contribution in [-0.4, -0.2) is 43.6 Å². The lowest BCUT2D eigenvalue weighted by molar-refractivity contribution is 0.0948. The number of carbonyl (C=O) groups is 1. The molecule has 5 heteroatoms. The number of pyridine rings is 1. The molecule has 27 heavy (non-hydrogen) atoms. The summed E-state index contributed by atoms with van der Waals surface area (Å²) >= 11 is 0. The lowest BCUT2D eigenvalue weighted by atomic mass is 10.1. The van der Waals surface area contributed by atoms with E-state index in [1.165, 1.54) is 16.8 Å². The summed E-state index contributed by atoms with van der Waals surface area (Å²) < 4.78 is 0. The predicted molar refractivity (Wildman–Crippen MR) is 112 cm³/mol. The fraction of sp³-hybridized carbons (Fsp3) is 0.455. The normalized spacial score (nSPS) is 14.6. The van der Waals surface area contributed by atoms with Gasteiger partial charge in [-0.25, -0.2) is 0 Å². The summed E-state index contributed by atoms with van der Waals surface area (Å²) in [6.07, 6.45) is 3.50. The van der Waals surface area contributed by atoms with Crippen molar-refractivity contribution in [2.24, 2.45) is 5.92 Å². The number of nitrogens with one attached hydrogen (secondary N) is 1. The van der Waals surface area contributed by atoms with Gasteiger partial charge >= 0.3 is 0 Å². The predicted octanol–water partition coefficient (Wildman–Crippen LogP) is 3.41. The number of nitrogens with zero attached hydrogens (tertiary/aromatic N) is 3. The van der Waals surface area contributed by atoms with Gasteiger partial charge in [0.15, 0.2) is 0 Å². The van der Waals surface area contributed by atoms with Gasteiger partial charge in [0.25, 0.3) is 5.91 Å². The molecule has 0 saturated carbocycles. The van der Waals surface area contributed by atoms with Crippen LogP contribution in [0, 0.1) is 19.8 Å². The minimum absolute atomic E-state index is 0.0490. The number of benzene rings is 1.